The minimum atomic E-state index is -0.353. The smallest absolute Gasteiger partial charge is 0.122 e. The highest BCUT2D eigenvalue weighted by Gasteiger charge is 2.36. The summed E-state index contributed by atoms with van der Waals surface area (Å²) in [5, 5.41) is 47.8. The van der Waals surface area contributed by atoms with Gasteiger partial charge in [-0.05, 0) is 60.8 Å². The van der Waals surface area contributed by atoms with Gasteiger partial charge < -0.3 is 20.4 Å². The van der Waals surface area contributed by atoms with Crippen LogP contribution in [0.3, 0.4) is 0 Å². The fourth-order valence-corrected chi connectivity index (χ4v) is 7.57. The van der Waals surface area contributed by atoms with Gasteiger partial charge in [-0.1, -0.05) is 112 Å². The molecule has 4 nitrogen and oxygen atoms in total. The van der Waals surface area contributed by atoms with Gasteiger partial charge in [0.2, 0.25) is 0 Å². The molecule has 1 aliphatic rings. The summed E-state index contributed by atoms with van der Waals surface area (Å²) < 4.78 is 0. The van der Waals surface area contributed by atoms with Crippen molar-refractivity contribution >= 4 is 0 Å². The first-order valence-electron chi connectivity index (χ1n) is 15.7. The maximum absolute atomic E-state index is 12.0. The minimum absolute atomic E-state index is 0.193. The number of hydrogen-bond acceptors (Lipinski definition) is 4. The van der Waals surface area contributed by atoms with E-state index in [1.165, 1.54) is 0 Å². The molecule has 4 aromatic carbocycles. The van der Waals surface area contributed by atoms with E-state index in [0.29, 0.717) is 12.8 Å². The molecule has 4 N–H and O–H groups in total. The highest BCUT2D eigenvalue weighted by Crippen LogP contribution is 2.52. The highest BCUT2D eigenvalue weighted by atomic mass is 16.3. The molecule has 0 atom stereocenters. The Hall–Kier alpha value is -3.92. The first-order valence-corrected chi connectivity index (χ1v) is 15.7. The van der Waals surface area contributed by atoms with E-state index in [2.05, 4.69) is 41.5 Å². The monoisotopic (exact) mass is 592 g/mol. The van der Waals surface area contributed by atoms with E-state index in [1.807, 2.05) is 76.2 Å². The van der Waals surface area contributed by atoms with Crippen molar-refractivity contribution in [2.45, 2.75) is 93.9 Å². The summed E-state index contributed by atoms with van der Waals surface area (Å²) in [6, 6.07) is 16.1. The van der Waals surface area contributed by atoms with Gasteiger partial charge in [-0.3, -0.25) is 0 Å². The molecule has 0 spiro atoms. The molecule has 1 aliphatic carbocycles. The standard InChI is InChI=1S/C40H48O4/c1-21-11-25-19-26-12-22(2)17-31(36(26)42)34(40(8,9)10)32-18-24(4)14-28(38(32)44)20-27-13-23(3)16-30(37(27)43)33(39(5,6)7)29(15-21)35(25)41/h11-18,33-34,41-44H,19-20H2,1-10H3. The van der Waals surface area contributed by atoms with Gasteiger partial charge in [0.25, 0.3) is 0 Å². The van der Waals surface area contributed by atoms with Crippen LogP contribution in [0.4, 0.5) is 0 Å². The van der Waals surface area contributed by atoms with E-state index >= 15 is 0 Å². The van der Waals surface area contributed by atoms with Gasteiger partial charge in [-0.25, -0.2) is 0 Å². The number of rotatable bonds is 0. The van der Waals surface area contributed by atoms with Crippen LogP contribution < -0.4 is 0 Å². The quantitative estimate of drug-likeness (QED) is 0.164. The predicted molar refractivity (Wildman–Crippen MR) is 180 cm³/mol. The van der Waals surface area contributed by atoms with Gasteiger partial charge in [-0.2, -0.15) is 0 Å². The summed E-state index contributed by atoms with van der Waals surface area (Å²) in [4.78, 5) is 0. The Morgan fingerprint density at radius 2 is 0.614 bits per heavy atom. The van der Waals surface area contributed by atoms with Gasteiger partial charge >= 0.3 is 0 Å². The van der Waals surface area contributed by atoms with Crippen molar-refractivity contribution in [3.05, 3.63) is 115 Å². The van der Waals surface area contributed by atoms with Crippen LogP contribution >= 0.6 is 0 Å². The summed E-state index contributed by atoms with van der Waals surface area (Å²) in [6.07, 6.45) is 0.676. The van der Waals surface area contributed by atoms with E-state index in [4.69, 9.17) is 0 Å². The van der Waals surface area contributed by atoms with Crippen LogP contribution in [0.1, 0.15) is 120 Å². The fraction of sp³-hybridized carbons (Fsp3) is 0.400. The molecule has 0 saturated heterocycles. The zero-order valence-corrected chi connectivity index (χ0v) is 28.0. The Labute approximate surface area is 263 Å². The maximum Gasteiger partial charge on any atom is 0.122 e. The predicted octanol–water partition coefficient (Wildman–Crippen LogP) is 9.59. The number of aryl methyl sites for hydroxylation is 4. The van der Waals surface area contributed by atoms with Gasteiger partial charge in [0.1, 0.15) is 23.0 Å². The average Bonchev–Trinajstić information content (AvgIpc) is 2.87. The Morgan fingerprint density at radius 1 is 0.409 bits per heavy atom. The number of phenolic OH excluding ortho intramolecular Hbond substituents is 4. The molecule has 5 rings (SSSR count). The summed E-state index contributed by atoms with van der Waals surface area (Å²) in [6.45, 7) is 20.9. The van der Waals surface area contributed by atoms with Crippen molar-refractivity contribution in [3.8, 4) is 23.0 Å². The minimum Gasteiger partial charge on any atom is -0.507 e. The molecular weight excluding hydrogens is 544 g/mol. The lowest BCUT2D eigenvalue weighted by atomic mass is 9.69. The van der Waals surface area contributed by atoms with Crippen LogP contribution in [0.2, 0.25) is 0 Å². The molecule has 8 bridgehead atoms. The molecule has 0 saturated carbocycles. The van der Waals surface area contributed by atoms with Crippen molar-refractivity contribution in [2.75, 3.05) is 0 Å². The van der Waals surface area contributed by atoms with Gasteiger partial charge in [0, 0.05) is 46.9 Å². The molecular formula is C40H48O4. The number of hydrogen-bond donors (Lipinski definition) is 4. The lowest BCUT2D eigenvalue weighted by Crippen LogP contribution is -2.22. The SMILES string of the molecule is Cc1cc2c(O)c(c1)C(C(C)(C)C)c1cc(C)cc(c1O)Cc1cc(C)cc(c1O)C(C(C)(C)C)c1cc(C)cc(c1O)C2. The Kier molecular flexibility index (Phi) is 7.81. The van der Waals surface area contributed by atoms with Crippen LogP contribution in [-0.2, 0) is 12.8 Å². The Morgan fingerprint density at radius 3 is 0.795 bits per heavy atom. The van der Waals surface area contributed by atoms with E-state index in [-0.39, 0.29) is 45.7 Å². The molecule has 4 aromatic rings. The van der Waals surface area contributed by atoms with E-state index in [9.17, 15) is 20.4 Å². The highest BCUT2D eigenvalue weighted by molar-refractivity contribution is 5.60. The normalized spacial score (nSPS) is 17.0. The number of phenols is 4. The second-order valence-corrected chi connectivity index (χ2v) is 15.4. The molecule has 232 valence electrons. The second-order valence-electron chi connectivity index (χ2n) is 15.4. The molecule has 4 heteroatoms. The largest absolute Gasteiger partial charge is 0.507 e. The van der Waals surface area contributed by atoms with Crippen molar-refractivity contribution < 1.29 is 20.4 Å². The van der Waals surface area contributed by atoms with Crippen molar-refractivity contribution in [3.63, 3.8) is 0 Å². The van der Waals surface area contributed by atoms with Crippen molar-refractivity contribution in [1.82, 2.24) is 0 Å². The Balaban J connectivity index is 1.94. The third kappa shape index (κ3) is 5.67. The lowest BCUT2D eigenvalue weighted by molar-refractivity contribution is 0.334. The lowest BCUT2D eigenvalue weighted by Gasteiger charge is -2.35. The van der Waals surface area contributed by atoms with Crippen molar-refractivity contribution in [1.29, 1.82) is 0 Å². The average molecular weight is 593 g/mol. The summed E-state index contributed by atoms with van der Waals surface area (Å²) in [5.41, 5.74) is 9.26. The number of fused-ring (bicyclic) bond motifs is 8. The van der Waals surface area contributed by atoms with Gasteiger partial charge in [0.05, 0.1) is 0 Å². The first-order chi connectivity index (χ1) is 20.4. The molecule has 0 aliphatic heterocycles. The molecule has 44 heavy (non-hydrogen) atoms. The zero-order chi connectivity index (χ0) is 32.5. The fourth-order valence-electron chi connectivity index (χ4n) is 7.57. The first kappa shape index (κ1) is 31.5. The van der Waals surface area contributed by atoms with Crippen LogP contribution in [0.15, 0.2) is 48.5 Å². The van der Waals surface area contributed by atoms with Crippen LogP contribution in [0.5, 0.6) is 23.0 Å². The van der Waals surface area contributed by atoms with E-state index in [1.54, 1.807) is 0 Å². The molecule has 0 heterocycles. The molecule has 0 radical (unpaired) electrons. The summed E-state index contributed by atoms with van der Waals surface area (Å²) >= 11 is 0. The maximum atomic E-state index is 12.0. The summed E-state index contributed by atoms with van der Waals surface area (Å²) in [7, 11) is 0. The molecule has 0 amide bonds. The second kappa shape index (κ2) is 10.9. The molecule has 0 aromatic heterocycles. The number of benzene rings is 4. The van der Waals surface area contributed by atoms with Gasteiger partial charge in [-0.15, -0.1) is 0 Å². The van der Waals surface area contributed by atoms with Crippen molar-refractivity contribution in [2.24, 2.45) is 10.8 Å². The summed E-state index contributed by atoms with van der Waals surface area (Å²) in [5.74, 6) is 0.135. The van der Waals surface area contributed by atoms with Crippen LogP contribution in [0.25, 0.3) is 0 Å². The zero-order valence-electron chi connectivity index (χ0n) is 28.0. The third-order valence-electron chi connectivity index (χ3n) is 9.19. The van der Waals surface area contributed by atoms with E-state index in [0.717, 1.165) is 66.8 Å². The van der Waals surface area contributed by atoms with Gasteiger partial charge in [0.15, 0.2) is 0 Å². The third-order valence-corrected chi connectivity index (χ3v) is 9.19. The molecule has 0 fully saturated rings. The number of aromatic hydroxyl groups is 4. The van der Waals surface area contributed by atoms with Crippen LogP contribution in [0, 0.1) is 38.5 Å². The topological polar surface area (TPSA) is 80.9 Å². The van der Waals surface area contributed by atoms with E-state index < -0.39 is 0 Å². The molecule has 0 unspecified atom stereocenters. The van der Waals surface area contributed by atoms with Crippen LogP contribution in [-0.4, -0.2) is 20.4 Å². The Bertz CT molecular complexity index is 1520.